The Morgan fingerprint density at radius 2 is 2.25 bits per heavy atom. The van der Waals surface area contributed by atoms with E-state index in [1.165, 1.54) is 0 Å². The molecule has 0 aromatic carbocycles. The Bertz CT molecular complexity index is 379. The van der Waals surface area contributed by atoms with Crippen LogP contribution in [-0.2, 0) is 14.6 Å². The molecule has 1 saturated heterocycles. The first-order valence-electron chi connectivity index (χ1n) is 5.64. The molecule has 0 N–H and O–H groups in total. The predicted octanol–water partition coefficient (Wildman–Crippen LogP) is 2.58. The molecule has 3 nitrogen and oxygen atoms in total. The van der Waals surface area contributed by atoms with Crippen molar-refractivity contribution in [3.63, 3.8) is 0 Å². The van der Waals surface area contributed by atoms with E-state index in [0.29, 0.717) is 0 Å². The first-order chi connectivity index (χ1) is 7.44. The van der Waals surface area contributed by atoms with Gasteiger partial charge < -0.3 is 0 Å². The third kappa shape index (κ3) is 1.31. The van der Waals surface area contributed by atoms with Crippen LogP contribution in [-0.4, -0.2) is 17.5 Å². The average Bonchev–Trinajstić information content (AvgIpc) is 2.16. The van der Waals surface area contributed by atoms with Crippen molar-refractivity contribution in [1.29, 1.82) is 0 Å². The highest BCUT2D eigenvalue weighted by molar-refractivity contribution is 6.00. The van der Waals surface area contributed by atoms with Gasteiger partial charge in [0.25, 0.3) is 0 Å². The Morgan fingerprint density at radius 3 is 2.75 bits per heavy atom. The van der Waals surface area contributed by atoms with Gasteiger partial charge in [0.2, 0.25) is 0 Å². The van der Waals surface area contributed by atoms with Crippen LogP contribution in [0, 0.1) is 5.41 Å². The van der Waals surface area contributed by atoms with Gasteiger partial charge in [0.05, 0.1) is 0 Å². The number of rotatable bonds is 2. The second-order valence-corrected chi connectivity index (χ2v) is 5.20. The summed E-state index contributed by atoms with van der Waals surface area (Å²) < 4.78 is 0. The topological polar surface area (TPSA) is 35.5 Å². The number of allylic oxidation sites excluding steroid dienone is 1. The summed E-state index contributed by atoms with van der Waals surface area (Å²) in [5.74, 6) is -0.0353. The molecule has 1 fully saturated rings. The van der Waals surface area contributed by atoms with Crippen LogP contribution in [0.25, 0.3) is 0 Å². The van der Waals surface area contributed by atoms with E-state index in [-0.39, 0.29) is 17.3 Å². The van der Waals surface area contributed by atoms with Gasteiger partial charge in [-0.15, -0.1) is 0 Å². The molecule has 2 unspecified atom stereocenters. The SMILES string of the molecule is C/C=C/C(=O)C12OOC(C=C1C)CC2(C)C. The molecule has 0 aromatic heterocycles. The largest absolute Gasteiger partial charge is 0.291 e. The van der Waals surface area contributed by atoms with Crippen LogP contribution >= 0.6 is 0 Å². The molecule has 0 radical (unpaired) electrons. The van der Waals surface area contributed by atoms with Gasteiger partial charge in [0.1, 0.15) is 6.10 Å². The highest BCUT2D eigenvalue weighted by atomic mass is 17.2. The molecule has 2 atom stereocenters. The Balaban J connectivity index is 2.52. The summed E-state index contributed by atoms with van der Waals surface area (Å²) in [6.45, 7) is 7.88. The fourth-order valence-corrected chi connectivity index (χ4v) is 2.85. The normalized spacial score (nSPS) is 36.5. The van der Waals surface area contributed by atoms with E-state index in [9.17, 15) is 4.79 Å². The van der Waals surface area contributed by atoms with Gasteiger partial charge in [-0.3, -0.25) is 4.79 Å². The predicted molar refractivity (Wildman–Crippen MR) is 60.7 cm³/mol. The second kappa shape index (κ2) is 3.54. The van der Waals surface area contributed by atoms with Crippen molar-refractivity contribution in [2.75, 3.05) is 0 Å². The molecule has 0 saturated carbocycles. The Kier molecular flexibility index (Phi) is 2.55. The van der Waals surface area contributed by atoms with Gasteiger partial charge in [0.15, 0.2) is 11.4 Å². The summed E-state index contributed by atoms with van der Waals surface area (Å²) >= 11 is 0. The minimum absolute atomic E-state index is 0.0183. The van der Waals surface area contributed by atoms with E-state index in [4.69, 9.17) is 9.78 Å². The molecule has 3 rings (SSSR count). The van der Waals surface area contributed by atoms with Crippen LogP contribution in [0.5, 0.6) is 0 Å². The maximum atomic E-state index is 12.3. The lowest BCUT2D eigenvalue weighted by molar-refractivity contribution is -0.413. The summed E-state index contributed by atoms with van der Waals surface area (Å²) in [5, 5.41) is 0. The van der Waals surface area contributed by atoms with Gasteiger partial charge >= 0.3 is 0 Å². The zero-order valence-corrected chi connectivity index (χ0v) is 10.2. The number of carbonyl (C=O) groups is 1. The highest BCUT2D eigenvalue weighted by Gasteiger charge is 2.60. The van der Waals surface area contributed by atoms with E-state index in [0.717, 1.165) is 12.0 Å². The molecular formula is C13H18O3. The van der Waals surface area contributed by atoms with Gasteiger partial charge in [-0.25, -0.2) is 9.78 Å². The second-order valence-electron chi connectivity index (χ2n) is 5.20. The zero-order valence-electron chi connectivity index (χ0n) is 10.2. The minimum atomic E-state index is -0.936. The molecule has 2 aliphatic heterocycles. The van der Waals surface area contributed by atoms with Crippen molar-refractivity contribution >= 4 is 5.78 Å². The van der Waals surface area contributed by atoms with Crippen LogP contribution in [0.3, 0.4) is 0 Å². The molecule has 88 valence electrons. The van der Waals surface area contributed by atoms with E-state index in [2.05, 4.69) is 13.8 Å². The zero-order chi connectivity index (χ0) is 12.0. The van der Waals surface area contributed by atoms with Crippen LogP contribution in [0.2, 0.25) is 0 Å². The quantitative estimate of drug-likeness (QED) is 0.409. The summed E-state index contributed by atoms with van der Waals surface area (Å²) in [6, 6.07) is 0. The van der Waals surface area contributed by atoms with Gasteiger partial charge in [0, 0.05) is 5.41 Å². The van der Waals surface area contributed by atoms with E-state index < -0.39 is 5.60 Å². The molecule has 2 bridgehead atoms. The standard InChI is InChI=1S/C13H18O3/c1-5-6-11(14)13-9(2)7-10(15-16-13)8-12(13,3)4/h5-7,10H,8H2,1-4H3/b6-5+. The lowest BCUT2D eigenvalue weighted by Crippen LogP contribution is -2.61. The molecule has 1 aliphatic carbocycles. The van der Waals surface area contributed by atoms with E-state index in [1.807, 2.05) is 19.9 Å². The van der Waals surface area contributed by atoms with Crippen molar-refractivity contribution in [3.8, 4) is 0 Å². The lowest BCUT2D eigenvalue weighted by Gasteiger charge is -2.52. The third-order valence-corrected chi connectivity index (χ3v) is 3.62. The molecular weight excluding hydrogens is 204 g/mol. The Labute approximate surface area is 96.0 Å². The number of carbonyl (C=O) groups excluding carboxylic acids is 1. The number of fused-ring (bicyclic) bond motifs is 2. The van der Waals surface area contributed by atoms with Crippen LogP contribution < -0.4 is 0 Å². The van der Waals surface area contributed by atoms with Crippen LogP contribution in [0.4, 0.5) is 0 Å². The van der Waals surface area contributed by atoms with Crippen molar-refractivity contribution in [2.24, 2.45) is 5.41 Å². The Morgan fingerprint density at radius 1 is 1.56 bits per heavy atom. The molecule has 0 spiro atoms. The molecule has 3 aliphatic rings. The van der Waals surface area contributed by atoms with E-state index >= 15 is 0 Å². The fraction of sp³-hybridized carbons (Fsp3) is 0.615. The van der Waals surface area contributed by atoms with Crippen LogP contribution in [0.15, 0.2) is 23.8 Å². The number of ketones is 1. The maximum absolute atomic E-state index is 12.3. The molecule has 3 heteroatoms. The average molecular weight is 222 g/mol. The van der Waals surface area contributed by atoms with Crippen molar-refractivity contribution in [3.05, 3.63) is 23.8 Å². The molecule has 0 amide bonds. The van der Waals surface area contributed by atoms with Crippen molar-refractivity contribution in [2.45, 2.75) is 45.8 Å². The fourth-order valence-electron chi connectivity index (χ4n) is 2.85. The summed E-state index contributed by atoms with van der Waals surface area (Å²) in [7, 11) is 0. The molecule has 2 heterocycles. The number of hydrogen-bond acceptors (Lipinski definition) is 3. The summed E-state index contributed by atoms with van der Waals surface area (Å²) in [6.07, 6.45) is 6.10. The van der Waals surface area contributed by atoms with Crippen molar-refractivity contribution < 1.29 is 14.6 Å². The van der Waals surface area contributed by atoms with Gasteiger partial charge in [-0.2, -0.15) is 0 Å². The monoisotopic (exact) mass is 222 g/mol. The Hall–Kier alpha value is -0.930. The van der Waals surface area contributed by atoms with Gasteiger partial charge in [-0.1, -0.05) is 26.0 Å². The highest BCUT2D eigenvalue weighted by Crippen LogP contribution is 2.52. The van der Waals surface area contributed by atoms with Gasteiger partial charge in [-0.05, 0) is 31.9 Å². The number of hydrogen-bond donors (Lipinski definition) is 0. The lowest BCUT2D eigenvalue weighted by atomic mass is 9.62. The molecule has 16 heavy (non-hydrogen) atoms. The van der Waals surface area contributed by atoms with Crippen molar-refractivity contribution in [1.82, 2.24) is 0 Å². The summed E-state index contributed by atoms with van der Waals surface area (Å²) in [5.41, 5.74) is -0.206. The minimum Gasteiger partial charge on any atom is -0.291 e. The molecule has 0 aromatic rings. The first-order valence-corrected chi connectivity index (χ1v) is 5.64. The first kappa shape index (κ1) is 11.6. The smallest absolute Gasteiger partial charge is 0.195 e. The van der Waals surface area contributed by atoms with Crippen LogP contribution in [0.1, 0.15) is 34.1 Å². The summed E-state index contributed by atoms with van der Waals surface area (Å²) in [4.78, 5) is 22.9. The van der Waals surface area contributed by atoms with E-state index in [1.54, 1.807) is 12.2 Å². The maximum Gasteiger partial charge on any atom is 0.195 e. The third-order valence-electron chi connectivity index (χ3n) is 3.62.